The Morgan fingerprint density at radius 3 is 2.22 bits per heavy atom. The fraction of sp³-hybridized carbons (Fsp3) is 0.364. The molecule has 0 unspecified atom stereocenters. The van der Waals surface area contributed by atoms with Crippen LogP contribution >= 0.6 is 0 Å². The van der Waals surface area contributed by atoms with Gasteiger partial charge in [0.25, 0.3) is 0 Å². The zero-order chi connectivity index (χ0) is 19.5. The number of carbonyl (C=O) groups excluding carboxylic acids is 2. The molecule has 0 spiro atoms. The summed E-state index contributed by atoms with van der Waals surface area (Å²) in [6.45, 7) is 3.12. The molecular formula is C22H29N3O2. The van der Waals surface area contributed by atoms with E-state index < -0.39 is 0 Å². The van der Waals surface area contributed by atoms with E-state index in [4.69, 9.17) is 0 Å². The molecule has 0 aliphatic carbocycles. The van der Waals surface area contributed by atoms with Crippen LogP contribution in [-0.4, -0.2) is 30.3 Å². The van der Waals surface area contributed by atoms with Crippen molar-refractivity contribution in [3.8, 4) is 0 Å². The Morgan fingerprint density at radius 1 is 0.889 bits per heavy atom. The molecule has 0 atom stereocenters. The number of rotatable bonds is 10. The van der Waals surface area contributed by atoms with Gasteiger partial charge in [-0.2, -0.15) is 0 Å². The predicted molar refractivity (Wildman–Crippen MR) is 111 cm³/mol. The average molecular weight is 367 g/mol. The van der Waals surface area contributed by atoms with Crippen LogP contribution in [0.2, 0.25) is 0 Å². The molecule has 2 aromatic carbocycles. The van der Waals surface area contributed by atoms with Crippen molar-refractivity contribution in [3.63, 3.8) is 0 Å². The van der Waals surface area contributed by atoms with Crippen molar-refractivity contribution in [2.75, 3.05) is 24.2 Å². The van der Waals surface area contributed by atoms with Crippen LogP contribution in [0.25, 0.3) is 0 Å². The normalized spacial score (nSPS) is 10.6. The number of nitrogens with one attached hydrogen (secondary N) is 2. The monoisotopic (exact) mass is 367 g/mol. The minimum absolute atomic E-state index is 0.00882. The van der Waals surface area contributed by atoms with Crippen LogP contribution in [0.15, 0.2) is 54.6 Å². The van der Waals surface area contributed by atoms with Crippen LogP contribution in [-0.2, 0) is 16.1 Å². The van der Waals surface area contributed by atoms with Gasteiger partial charge in [0, 0.05) is 24.3 Å². The third kappa shape index (κ3) is 8.05. The van der Waals surface area contributed by atoms with Crippen molar-refractivity contribution in [2.45, 2.75) is 39.2 Å². The molecule has 0 radical (unpaired) electrons. The van der Waals surface area contributed by atoms with Crippen molar-refractivity contribution in [2.24, 2.45) is 0 Å². The molecule has 0 bridgehead atoms. The Hall–Kier alpha value is -2.66. The van der Waals surface area contributed by atoms with Gasteiger partial charge in [-0.15, -0.1) is 0 Å². The third-order valence-electron chi connectivity index (χ3n) is 4.15. The quantitative estimate of drug-likeness (QED) is 0.616. The van der Waals surface area contributed by atoms with Gasteiger partial charge in [0.15, 0.2) is 0 Å². The van der Waals surface area contributed by atoms with Gasteiger partial charge >= 0.3 is 0 Å². The number of likely N-dealkylation sites (N-methyl/N-ethyl adjacent to an activating group) is 1. The second-order valence-electron chi connectivity index (χ2n) is 6.79. The van der Waals surface area contributed by atoms with E-state index in [9.17, 15) is 9.59 Å². The number of hydrogen-bond acceptors (Lipinski definition) is 3. The molecule has 0 aliphatic rings. The van der Waals surface area contributed by atoms with Crippen molar-refractivity contribution in [1.29, 1.82) is 0 Å². The Bertz CT molecular complexity index is 731. The van der Waals surface area contributed by atoms with Crippen LogP contribution in [0.1, 0.15) is 38.2 Å². The highest BCUT2D eigenvalue weighted by molar-refractivity contribution is 5.94. The molecule has 2 rings (SSSR count). The lowest BCUT2D eigenvalue weighted by Gasteiger charge is -2.16. The van der Waals surface area contributed by atoms with Crippen molar-refractivity contribution in [3.05, 3.63) is 60.2 Å². The number of anilines is 2. The molecular weight excluding hydrogens is 338 g/mol. The van der Waals surface area contributed by atoms with Crippen molar-refractivity contribution in [1.82, 2.24) is 4.90 Å². The van der Waals surface area contributed by atoms with Crippen LogP contribution in [0.4, 0.5) is 11.4 Å². The second kappa shape index (κ2) is 11.1. The van der Waals surface area contributed by atoms with Gasteiger partial charge in [0.2, 0.25) is 11.8 Å². The number of nitrogens with zero attached hydrogens (tertiary/aromatic N) is 1. The first-order valence-corrected chi connectivity index (χ1v) is 9.49. The second-order valence-corrected chi connectivity index (χ2v) is 6.79. The fourth-order valence-electron chi connectivity index (χ4n) is 2.83. The van der Waals surface area contributed by atoms with E-state index in [1.54, 1.807) is 6.07 Å². The number of carbonyl (C=O) groups is 2. The standard InChI is InChI=1S/C22H29N3O2/c1-3-4-6-14-21(26)23-19-12-9-13-20(15-19)24-22(27)17-25(2)16-18-10-7-5-8-11-18/h5,7-13,15H,3-4,6,14,16-17H2,1-2H3,(H,23,26)(H,24,27). The fourth-order valence-corrected chi connectivity index (χ4v) is 2.83. The highest BCUT2D eigenvalue weighted by atomic mass is 16.2. The molecule has 144 valence electrons. The molecule has 0 saturated heterocycles. The molecule has 2 amide bonds. The molecule has 5 heteroatoms. The molecule has 0 aromatic heterocycles. The first kappa shape index (κ1) is 20.6. The van der Waals surface area contributed by atoms with E-state index in [1.165, 1.54) is 5.56 Å². The molecule has 0 saturated carbocycles. The minimum atomic E-state index is -0.0835. The zero-order valence-electron chi connectivity index (χ0n) is 16.2. The summed E-state index contributed by atoms with van der Waals surface area (Å²) in [4.78, 5) is 26.2. The number of benzene rings is 2. The van der Waals surface area contributed by atoms with E-state index in [1.807, 2.05) is 60.5 Å². The first-order valence-electron chi connectivity index (χ1n) is 9.49. The summed E-state index contributed by atoms with van der Waals surface area (Å²) >= 11 is 0. The Labute approximate surface area is 161 Å². The van der Waals surface area contributed by atoms with Crippen molar-refractivity contribution >= 4 is 23.2 Å². The Balaban J connectivity index is 1.82. The van der Waals surface area contributed by atoms with E-state index in [0.29, 0.717) is 30.9 Å². The van der Waals surface area contributed by atoms with Gasteiger partial charge in [0.05, 0.1) is 6.54 Å². The van der Waals surface area contributed by atoms with Crippen molar-refractivity contribution < 1.29 is 9.59 Å². The highest BCUT2D eigenvalue weighted by Crippen LogP contribution is 2.16. The molecule has 27 heavy (non-hydrogen) atoms. The summed E-state index contributed by atoms with van der Waals surface area (Å²) in [7, 11) is 1.92. The van der Waals surface area contributed by atoms with E-state index in [0.717, 1.165) is 19.3 Å². The lowest BCUT2D eigenvalue weighted by molar-refractivity contribution is -0.117. The van der Waals surface area contributed by atoms with Gasteiger partial charge in [-0.1, -0.05) is 56.2 Å². The molecule has 0 aliphatic heterocycles. The zero-order valence-corrected chi connectivity index (χ0v) is 16.2. The maximum atomic E-state index is 12.3. The number of hydrogen-bond donors (Lipinski definition) is 2. The van der Waals surface area contributed by atoms with E-state index >= 15 is 0 Å². The lowest BCUT2D eigenvalue weighted by Crippen LogP contribution is -2.29. The molecule has 0 heterocycles. The summed E-state index contributed by atoms with van der Waals surface area (Å²) in [5.41, 5.74) is 2.55. The van der Waals surface area contributed by atoms with Crippen LogP contribution in [0, 0.1) is 0 Å². The molecule has 2 N–H and O–H groups in total. The van der Waals surface area contributed by atoms with Crippen LogP contribution in [0.3, 0.4) is 0 Å². The maximum Gasteiger partial charge on any atom is 0.238 e. The maximum absolute atomic E-state index is 12.3. The summed E-state index contributed by atoms with van der Waals surface area (Å²) in [5, 5.41) is 5.78. The van der Waals surface area contributed by atoms with Gasteiger partial charge in [-0.05, 0) is 37.2 Å². The van der Waals surface area contributed by atoms with Gasteiger partial charge < -0.3 is 10.6 Å². The Morgan fingerprint density at radius 2 is 1.56 bits per heavy atom. The highest BCUT2D eigenvalue weighted by Gasteiger charge is 2.09. The van der Waals surface area contributed by atoms with Crippen LogP contribution < -0.4 is 10.6 Å². The summed E-state index contributed by atoms with van der Waals surface area (Å²) < 4.78 is 0. The van der Waals surface area contributed by atoms with E-state index in [2.05, 4.69) is 17.6 Å². The summed E-state index contributed by atoms with van der Waals surface area (Å²) in [5.74, 6) is -0.0747. The van der Waals surface area contributed by atoms with Gasteiger partial charge in [0.1, 0.15) is 0 Å². The molecule has 5 nitrogen and oxygen atoms in total. The topological polar surface area (TPSA) is 61.4 Å². The van der Waals surface area contributed by atoms with Gasteiger partial charge in [-0.25, -0.2) is 0 Å². The lowest BCUT2D eigenvalue weighted by atomic mass is 10.2. The van der Waals surface area contributed by atoms with Crippen LogP contribution in [0.5, 0.6) is 0 Å². The molecule has 2 aromatic rings. The summed E-state index contributed by atoms with van der Waals surface area (Å²) in [6.07, 6.45) is 3.56. The molecule has 0 fully saturated rings. The largest absolute Gasteiger partial charge is 0.326 e. The van der Waals surface area contributed by atoms with E-state index in [-0.39, 0.29) is 11.8 Å². The number of amides is 2. The Kier molecular flexibility index (Phi) is 8.52. The third-order valence-corrected chi connectivity index (χ3v) is 4.15. The summed E-state index contributed by atoms with van der Waals surface area (Å²) in [6, 6.07) is 17.3. The first-order chi connectivity index (χ1) is 13.1. The average Bonchev–Trinajstić information content (AvgIpc) is 2.62. The minimum Gasteiger partial charge on any atom is -0.326 e. The smallest absolute Gasteiger partial charge is 0.238 e. The van der Waals surface area contributed by atoms with Gasteiger partial charge in [-0.3, -0.25) is 14.5 Å². The number of unbranched alkanes of at least 4 members (excludes halogenated alkanes) is 2. The predicted octanol–water partition coefficient (Wildman–Crippen LogP) is 4.28. The SMILES string of the molecule is CCCCCC(=O)Nc1cccc(NC(=O)CN(C)Cc2ccccc2)c1.